The molecule has 1 saturated heterocycles. The molecule has 0 saturated carbocycles. The number of benzene rings is 1. The SMILES string of the molecule is O=CC1OCCN1Cc1ccc(Br)cc1. The lowest BCUT2D eigenvalue weighted by Gasteiger charge is -2.17. The van der Waals surface area contributed by atoms with Gasteiger partial charge in [-0.15, -0.1) is 0 Å². The van der Waals surface area contributed by atoms with E-state index < -0.39 is 0 Å². The van der Waals surface area contributed by atoms with Gasteiger partial charge in [0.05, 0.1) is 6.61 Å². The van der Waals surface area contributed by atoms with Gasteiger partial charge >= 0.3 is 0 Å². The Morgan fingerprint density at radius 1 is 1.47 bits per heavy atom. The van der Waals surface area contributed by atoms with Crippen molar-refractivity contribution < 1.29 is 9.53 Å². The van der Waals surface area contributed by atoms with Crippen LogP contribution >= 0.6 is 15.9 Å². The molecule has 0 aromatic heterocycles. The first-order valence-corrected chi connectivity index (χ1v) is 5.64. The van der Waals surface area contributed by atoms with Crippen LogP contribution in [0.2, 0.25) is 0 Å². The Morgan fingerprint density at radius 3 is 2.87 bits per heavy atom. The van der Waals surface area contributed by atoms with Gasteiger partial charge in [-0.3, -0.25) is 9.69 Å². The zero-order valence-corrected chi connectivity index (χ0v) is 9.81. The van der Waals surface area contributed by atoms with E-state index in [9.17, 15) is 4.79 Å². The van der Waals surface area contributed by atoms with Crippen LogP contribution in [-0.4, -0.2) is 30.6 Å². The minimum Gasteiger partial charge on any atom is -0.355 e. The van der Waals surface area contributed by atoms with Gasteiger partial charge in [0.25, 0.3) is 0 Å². The minimum absolute atomic E-state index is 0.367. The maximum atomic E-state index is 10.7. The van der Waals surface area contributed by atoms with Crippen molar-refractivity contribution in [1.29, 1.82) is 0 Å². The largest absolute Gasteiger partial charge is 0.355 e. The van der Waals surface area contributed by atoms with E-state index in [0.29, 0.717) is 6.61 Å². The lowest BCUT2D eigenvalue weighted by atomic mass is 10.2. The molecule has 3 nitrogen and oxygen atoms in total. The first kappa shape index (κ1) is 10.8. The van der Waals surface area contributed by atoms with Crippen molar-refractivity contribution in [1.82, 2.24) is 4.90 Å². The zero-order chi connectivity index (χ0) is 10.7. The highest BCUT2D eigenvalue weighted by molar-refractivity contribution is 9.10. The number of halogens is 1. The molecule has 15 heavy (non-hydrogen) atoms. The van der Waals surface area contributed by atoms with Crippen molar-refractivity contribution in [3.8, 4) is 0 Å². The second kappa shape index (κ2) is 4.88. The summed E-state index contributed by atoms with van der Waals surface area (Å²) in [6.45, 7) is 2.22. The molecule has 0 spiro atoms. The van der Waals surface area contributed by atoms with E-state index in [4.69, 9.17) is 4.74 Å². The van der Waals surface area contributed by atoms with Crippen molar-refractivity contribution in [2.75, 3.05) is 13.2 Å². The molecule has 0 N–H and O–H groups in total. The fourth-order valence-electron chi connectivity index (χ4n) is 1.64. The number of aldehydes is 1. The Hall–Kier alpha value is -0.710. The summed E-state index contributed by atoms with van der Waals surface area (Å²) in [4.78, 5) is 12.7. The van der Waals surface area contributed by atoms with E-state index in [-0.39, 0.29) is 6.23 Å². The Kier molecular flexibility index (Phi) is 3.51. The number of ether oxygens (including phenoxy) is 1. The summed E-state index contributed by atoms with van der Waals surface area (Å²) in [7, 11) is 0. The third-order valence-electron chi connectivity index (χ3n) is 2.44. The zero-order valence-electron chi connectivity index (χ0n) is 8.23. The molecule has 2 rings (SSSR count). The van der Waals surface area contributed by atoms with Gasteiger partial charge in [0.1, 0.15) is 0 Å². The summed E-state index contributed by atoms with van der Waals surface area (Å²) in [5, 5.41) is 0. The number of carbonyl (C=O) groups is 1. The fraction of sp³-hybridized carbons (Fsp3) is 0.364. The van der Waals surface area contributed by atoms with Crippen LogP contribution in [0.1, 0.15) is 5.56 Å². The maximum Gasteiger partial charge on any atom is 0.167 e. The number of hydrogen-bond donors (Lipinski definition) is 0. The predicted octanol–water partition coefficient (Wildman–Crippen LogP) is 1.81. The quantitative estimate of drug-likeness (QED) is 0.784. The average molecular weight is 270 g/mol. The molecule has 1 fully saturated rings. The van der Waals surface area contributed by atoms with Crippen LogP contribution in [0.3, 0.4) is 0 Å². The molecule has 1 aromatic rings. The lowest BCUT2D eigenvalue weighted by Crippen LogP contribution is -2.30. The minimum atomic E-state index is -0.367. The van der Waals surface area contributed by atoms with E-state index in [1.165, 1.54) is 5.56 Å². The van der Waals surface area contributed by atoms with E-state index in [1.807, 2.05) is 29.2 Å². The Bertz CT molecular complexity index is 339. The third kappa shape index (κ3) is 2.65. The fourth-order valence-corrected chi connectivity index (χ4v) is 1.91. The molecular weight excluding hydrogens is 258 g/mol. The van der Waals surface area contributed by atoms with Gasteiger partial charge < -0.3 is 4.74 Å². The Morgan fingerprint density at radius 2 is 2.20 bits per heavy atom. The summed E-state index contributed by atoms with van der Waals surface area (Å²) in [5.41, 5.74) is 1.19. The average Bonchev–Trinajstić information content (AvgIpc) is 2.69. The molecule has 80 valence electrons. The van der Waals surface area contributed by atoms with Crippen LogP contribution in [0.4, 0.5) is 0 Å². The van der Waals surface area contributed by atoms with Crippen molar-refractivity contribution in [2.24, 2.45) is 0 Å². The summed E-state index contributed by atoms with van der Waals surface area (Å²) in [6.07, 6.45) is 0.486. The Labute approximate surface area is 97.2 Å². The Balaban J connectivity index is 2.02. The van der Waals surface area contributed by atoms with Crippen LogP contribution < -0.4 is 0 Å². The molecule has 1 aliphatic rings. The normalized spacial score (nSPS) is 21.8. The topological polar surface area (TPSA) is 29.5 Å². The smallest absolute Gasteiger partial charge is 0.167 e. The van der Waals surface area contributed by atoms with Crippen molar-refractivity contribution in [3.63, 3.8) is 0 Å². The van der Waals surface area contributed by atoms with E-state index in [2.05, 4.69) is 15.9 Å². The summed E-state index contributed by atoms with van der Waals surface area (Å²) in [5.74, 6) is 0. The summed E-state index contributed by atoms with van der Waals surface area (Å²) < 4.78 is 6.32. The van der Waals surface area contributed by atoms with Gasteiger partial charge in [0.15, 0.2) is 12.5 Å². The van der Waals surface area contributed by atoms with Gasteiger partial charge in [-0.2, -0.15) is 0 Å². The molecule has 1 atom stereocenters. The molecule has 0 radical (unpaired) electrons. The van der Waals surface area contributed by atoms with Gasteiger partial charge in [0.2, 0.25) is 0 Å². The molecule has 0 aliphatic carbocycles. The number of rotatable bonds is 3. The molecule has 4 heteroatoms. The van der Waals surface area contributed by atoms with Crippen LogP contribution in [0.15, 0.2) is 28.7 Å². The summed E-state index contributed by atoms with van der Waals surface area (Å²) >= 11 is 3.39. The molecule has 1 aliphatic heterocycles. The molecule has 1 heterocycles. The van der Waals surface area contributed by atoms with Crippen molar-refractivity contribution in [3.05, 3.63) is 34.3 Å². The molecule has 0 bridgehead atoms. The lowest BCUT2D eigenvalue weighted by molar-refractivity contribution is -0.121. The first-order valence-electron chi connectivity index (χ1n) is 4.85. The van der Waals surface area contributed by atoms with Crippen LogP contribution in [0, 0.1) is 0 Å². The number of hydrogen-bond acceptors (Lipinski definition) is 3. The van der Waals surface area contributed by atoms with Gasteiger partial charge in [-0.1, -0.05) is 28.1 Å². The molecule has 1 aromatic carbocycles. The highest BCUT2D eigenvalue weighted by atomic mass is 79.9. The molecule has 1 unspecified atom stereocenters. The summed E-state index contributed by atoms with van der Waals surface area (Å²) in [6, 6.07) is 8.10. The second-order valence-corrected chi connectivity index (χ2v) is 4.41. The molecular formula is C11H12BrNO2. The van der Waals surface area contributed by atoms with Crippen LogP contribution in [0.5, 0.6) is 0 Å². The standard InChI is InChI=1S/C11H12BrNO2/c12-10-3-1-9(2-4-10)7-13-5-6-15-11(13)8-14/h1-4,8,11H,5-7H2. The highest BCUT2D eigenvalue weighted by Crippen LogP contribution is 2.15. The number of nitrogens with zero attached hydrogens (tertiary/aromatic N) is 1. The number of carbonyl (C=O) groups excluding carboxylic acids is 1. The molecule has 0 amide bonds. The van der Waals surface area contributed by atoms with Gasteiger partial charge in [-0.05, 0) is 17.7 Å². The van der Waals surface area contributed by atoms with E-state index >= 15 is 0 Å². The van der Waals surface area contributed by atoms with E-state index in [1.54, 1.807) is 0 Å². The first-order chi connectivity index (χ1) is 7.29. The third-order valence-corrected chi connectivity index (χ3v) is 2.97. The van der Waals surface area contributed by atoms with Crippen molar-refractivity contribution in [2.45, 2.75) is 12.8 Å². The van der Waals surface area contributed by atoms with Crippen LogP contribution in [0.25, 0.3) is 0 Å². The highest BCUT2D eigenvalue weighted by Gasteiger charge is 2.24. The van der Waals surface area contributed by atoms with Gasteiger partial charge in [0, 0.05) is 17.6 Å². The predicted molar refractivity (Wildman–Crippen MR) is 60.4 cm³/mol. The van der Waals surface area contributed by atoms with Gasteiger partial charge in [-0.25, -0.2) is 0 Å². The maximum absolute atomic E-state index is 10.7. The second-order valence-electron chi connectivity index (χ2n) is 3.49. The van der Waals surface area contributed by atoms with Crippen molar-refractivity contribution >= 4 is 22.2 Å². The van der Waals surface area contributed by atoms with E-state index in [0.717, 1.165) is 23.8 Å². The van der Waals surface area contributed by atoms with Crippen LogP contribution in [-0.2, 0) is 16.1 Å². The monoisotopic (exact) mass is 269 g/mol.